The third-order valence-corrected chi connectivity index (χ3v) is 3.55. The summed E-state index contributed by atoms with van der Waals surface area (Å²) in [5, 5.41) is 19.2. The molecule has 0 bridgehead atoms. The maximum atomic E-state index is 9.39. The lowest BCUT2D eigenvalue weighted by molar-refractivity contribution is 0.122. The highest BCUT2D eigenvalue weighted by Crippen LogP contribution is 2.25. The second-order valence-corrected chi connectivity index (χ2v) is 5.35. The summed E-state index contributed by atoms with van der Waals surface area (Å²) in [5.74, 6) is 0. The third kappa shape index (κ3) is 3.60. The van der Waals surface area contributed by atoms with E-state index in [4.69, 9.17) is 16.9 Å². The van der Waals surface area contributed by atoms with Crippen LogP contribution in [-0.4, -0.2) is 48.8 Å². The molecule has 19 heavy (non-hydrogen) atoms. The summed E-state index contributed by atoms with van der Waals surface area (Å²) in [6.45, 7) is 5.99. The molecule has 0 saturated carbocycles. The number of halogens is 1. The predicted molar refractivity (Wildman–Crippen MR) is 76.5 cm³/mol. The van der Waals surface area contributed by atoms with Gasteiger partial charge in [-0.1, -0.05) is 11.6 Å². The second kappa shape index (κ2) is 6.25. The number of aliphatic hydroxyl groups is 1. The van der Waals surface area contributed by atoms with Crippen LogP contribution in [0.25, 0.3) is 0 Å². The Morgan fingerprint density at radius 1 is 1.37 bits per heavy atom. The normalized spacial score (nSPS) is 18.1. The van der Waals surface area contributed by atoms with Gasteiger partial charge in [0.05, 0.1) is 17.4 Å². The van der Waals surface area contributed by atoms with Gasteiger partial charge in [-0.15, -0.1) is 0 Å². The molecule has 1 aliphatic heterocycles. The lowest BCUT2D eigenvalue weighted by atomic mass is 10.1. The van der Waals surface area contributed by atoms with E-state index < -0.39 is 0 Å². The average molecular weight is 280 g/mol. The van der Waals surface area contributed by atoms with Crippen molar-refractivity contribution in [1.29, 1.82) is 5.26 Å². The van der Waals surface area contributed by atoms with E-state index in [1.54, 1.807) is 19.1 Å². The molecule has 4 nitrogen and oxygen atoms in total. The van der Waals surface area contributed by atoms with Gasteiger partial charge in [-0.05, 0) is 25.1 Å². The molecule has 0 aromatic heterocycles. The standard InChI is InChI=1S/C14H18ClN3O/c1-11(19)10-17-4-6-18(7-5-17)14-8-13(15)3-2-12(14)9-16/h2-3,8,11,19H,4-7,10H2,1H3/t11-/m1/s1. The van der Waals surface area contributed by atoms with Crippen LogP contribution in [0.15, 0.2) is 18.2 Å². The van der Waals surface area contributed by atoms with Gasteiger partial charge >= 0.3 is 0 Å². The number of anilines is 1. The summed E-state index contributed by atoms with van der Waals surface area (Å²) in [6.07, 6.45) is -0.299. The summed E-state index contributed by atoms with van der Waals surface area (Å²) < 4.78 is 0. The molecule has 1 N–H and O–H groups in total. The average Bonchev–Trinajstić information content (AvgIpc) is 2.39. The molecular formula is C14H18ClN3O. The van der Waals surface area contributed by atoms with Crippen molar-refractivity contribution in [3.05, 3.63) is 28.8 Å². The SMILES string of the molecule is C[C@@H](O)CN1CCN(c2cc(Cl)ccc2C#N)CC1. The topological polar surface area (TPSA) is 50.5 Å². The third-order valence-electron chi connectivity index (χ3n) is 3.32. The minimum atomic E-state index is -0.299. The molecule has 102 valence electrons. The van der Waals surface area contributed by atoms with Crippen LogP contribution in [0.3, 0.4) is 0 Å². The maximum absolute atomic E-state index is 9.39. The Labute approximate surface area is 118 Å². The van der Waals surface area contributed by atoms with Crippen LogP contribution >= 0.6 is 11.6 Å². The van der Waals surface area contributed by atoms with E-state index in [0.29, 0.717) is 17.1 Å². The molecule has 1 saturated heterocycles. The molecule has 1 aromatic rings. The van der Waals surface area contributed by atoms with Crippen molar-refractivity contribution in [2.24, 2.45) is 0 Å². The highest BCUT2D eigenvalue weighted by atomic mass is 35.5. The fourth-order valence-corrected chi connectivity index (χ4v) is 2.57. The first-order chi connectivity index (χ1) is 9.10. The Bertz CT molecular complexity index is 476. The molecule has 1 atom stereocenters. The fraction of sp³-hybridized carbons (Fsp3) is 0.500. The van der Waals surface area contributed by atoms with Crippen LogP contribution in [0.5, 0.6) is 0 Å². The Balaban J connectivity index is 2.05. The highest BCUT2D eigenvalue weighted by molar-refractivity contribution is 6.30. The molecule has 1 aliphatic rings. The fourth-order valence-electron chi connectivity index (χ4n) is 2.41. The molecule has 5 heteroatoms. The second-order valence-electron chi connectivity index (χ2n) is 4.91. The number of benzene rings is 1. The van der Waals surface area contributed by atoms with Crippen LogP contribution in [0.2, 0.25) is 5.02 Å². The number of piperazine rings is 1. The summed E-state index contributed by atoms with van der Waals surface area (Å²) >= 11 is 6.01. The number of aliphatic hydroxyl groups excluding tert-OH is 1. The molecule has 0 aliphatic carbocycles. The molecule has 0 spiro atoms. The molecule has 1 heterocycles. The lowest BCUT2D eigenvalue weighted by Crippen LogP contribution is -2.48. The van der Waals surface area contributed by atoms with Crippen molar-refractivity contribution in [3.8, 4) is 6.07 Å². The Morgan fingerprint density at radius 2 is 2.05 bits per heavy atom. The first kappa shape index (κ1) is 14.1. The summed E-state index contributed by atoms with van der Waals surface area (Å²) in [6, 6.07) is 7.57. The maximum Gasteiger partial charge on any atom is 0.101 e. The van der Waals surface area contributed by atoms with Gasteiger partial charge in [0.25, 0.3) is 0 Å². The zero-order valence-corrected chi connectivity index (χ0v) is 11.8. The van der Waals surface area contributed by atoms with Crippen molar-refractivity contribution < 1.29 is 5.11 Å². The lowest BCUT2D eigenvalue weighted by Gasteiger charge is -2.36. The van der Waals surface area contributed by atoms with Gasteiger partial charge in [0.1, 0.15) is 6.07 Å². The van der Waals surface area contributed by atoms with E-state index in [0.717, 1.165) is 31.9 Å². The van der Waals surface area contributed by atoms with Crippen molar-refractivity contribution >= 4 is 17.3 Å². The smallest absolute Gasteiger partial charge is 0.101 e. The number of hydrogen-bond donors (Lipinski definition) is 1. The van der Waals surface area contributed by atoms with Gasteiger partial charge < -0.3 is 10.0 Å². The van der Waals surface area contributed by atoms with Gasteiger partial charge in [0, 0.05) is 37.7 Å². The minimum absolute atomic E-state index is 0.299. The Hall–Kier alpha value is -1.28. The zero-order chi connectivity index (χ0) is 13.8. The van der Waals surface area contributed by atoms with Crippen LogP contribution in [0.4, 0.5) is 5.69 Å². The van der Waals surface area contributed by atoms with Crippen molar-refractivity contribution in [2.45, 2.75) is 13.0 Å². The molecule has 0 amide bonds. The highest BCUT2D eigenvalue weighted by Gasteiger charge is 2.20. The van der Waals surface area contributed by atoms with Gasteiger partial charge in [0.2, 0.25) is 0 Å². The van der Waals surface area contributed by atoms with E-state index >= 15 is 0 Å². The van der Waals surface area contributed by atoms with Crippen molar-refractivity contribution in [3.63, 3.8) is 0 Å². The van der Waals surface area contributed by atoms with Gasteiger partial charge in [-0.25, -0.2) is 0 Å². The largest absolute Gasteiger partial charge is 0.392 e. The van der Waals surface area contributed by atoms with E-state index in [-0.39, 0.29) is 6.10 Å². The van der Waals surface area contributed by atoms with Crippen LogP contribution in [0, 0.1) is 11.3 Å². The predicted octanol–water partition coefficient (Wildman–Crippen LogP) is 1.71. The summed E-state index contributed by atoms with van der Waals surface area (Å²) in [4.78, 5) is 4.42. The molecule has 0 unspecified atom stereocenters. The summed E-state index contributed by atoms with van der Waals surface area (Å²) in [7, 11) is 0. The monoisotopic (exact) mass is 279 g/mol. The minimum Gasteiger partial charge on any atom is -0.392 e. The first-order valence-electron chi connectivity index (χ1n) is 6.45. The number of rotatable bonds is 3. The molecule has 1 aromatic carbocycles. The number of nitriles is 1. The van der Waals surface area contributed by atoms with Gasteiger partial charge in [-0.2, -0.15) is 5.26 Å². The van der Waals surface area contributed by atoms with Gasteiger partial charge in [0.15, 0.2) is 0 Å². The van der Waals surface area contributed by atoms with Crippen molar-refractivity contribution in [1.82, 2.24) is 4.90 Å². The first-order valence-corrected chi connectivity index (χ1v) is 6.83. The van der Waals surface area contributed by atoms with E-state index in [1.807, 2.05) is 6.07 Å². The van der Waals surface area contributed by atoms with Gasteiger partial charge in [-0.3, -0.25) is 4.90 Å². The Morgan fingerprint density at radius 3 is 2.63 bits per heavy atom. The zero-order valence-electron chi connectivity index (χ0n) is 11.0. The van der Waals surface area contributed by atoms with E-state index in [9.17, 15) is 5.11 Å². The van der Waals surface area contributed by atoms with E-state index in [1.165, 1.54) is 0 Å². The summed E-state index contributed by atoms with van der Waals surface area (Å²) in [5.41, 5.74) is 1.57. The number of β-amino-alcohol motifs (C(OH)–C–C–N with tert-alkyl or cyclic N) is 1. The Kier molecular flexibility index (Phi) is 4.65. The van der Waals surface area contributed by atoms with E-state index in [2.05, 4.69) is 15.9 Å². The van der Waals surface area contributed by atoms with Crippen LogP contribution in [0.1, 0.15) is 12.5 Å². The molecular weight excluding hydrogens is 262 g/mol. The van der Waals surface area contributed by atoms with Crippen LogP contribution < -0.4 is 4.90 Å². The number of nitrogens with zero attached hydrogens (tertiary/aromatic N) is 3. The molecule has 2 rings (SSSR count). The molecule has 1 fully saturated rings. The van der Waals surface area contributed by atoms with Crippen LogP contribution in [-0.2, 0) is 0 Å². The molecule has 0 radical (unpaired) electrons. The van der Waals surface area contributed by atoms with Crippen molar-refractivity contribution in [2.75, 3.05) is 37.6 Å². The quantitative estimate of drug-likeness (QED) is 0.915. The number of hydrogen-bond acceptors (Lipinski definition) is 4.